The van der Waals surface area contributed by atoms with Crippen LogP contribution in [-0.4, -0.2) is 19.7 Å². The van der Waals surface area contributed by atoms with Crippen molar-refractivity contribution in [3.8, 4) is 11.6 Å². The van der Waals surface area contributed by atoms with Gasteiger partial charge in [-0.25, -0.2) is 4.98 Å². The zero-order valence-corrected chi connectivity index (χ0v) is 11.5. The second kappa shape index (κ2) is 4.83. The molecule has 0 amide bonds. The molecule has 0 fully saturated rings. The van der Waals surface area contributed by atoms with Crippen molar-refractivity contribution in [2.24, 2.45) is 0 Å². The number of ether oxygens (including phenoxy) is 1. The van der Waals surface area contributed by atoms with Crippen molar-refractivity contribution in [1.29, 1.82) is 0 Å². The van der Waals surface area contributed by atoms with Crippen LogP contribution in [0, 0.1) is 6.92 Å². The quantitative estimate of drug-likeness (QED) is 0.817. The van der Waals surface area contributed by atoms with Crippen molar-refractivity contribution in [2.75, 3.05) is 0 Å². The molecule has 2 aromatic heterocycles. The van der Waals surface area contributed by atoms with Gasteiger partial charge in [0.1, 0.15) is 10.4 Å². The molecule has 0 aliphatic rings. The molecule has 0 aromatic carbocycles. The fourth-order valence-electron chi connectivity index (χ4n) is 1.33. The topological polar surface area (TPSA) is 52.8 Å². The maximum absolute atomic E-state index is 5.61. The molecule has 0 saturated carbocycles. The second-order valence-electron chi connectivity index (χ2n) is 3.93. The van der Waals surface area contributed by atoms with E-state index in [1.165, 1.54) is 0 Å². The third-order valence-electron chi connectivity index (χ3n) is 2.11. The van der Waals surface area contributed by atoms with E-state index < -0.39 is 0 Å². The highest BCUT2D eigenvalue weighted by Gasteiger charge is 2.06. The molecular weight excluding hydrogens is 284 g/mol. The lowest BCUT2D eigenvalue weighted by molar-refractivity contribution is 0.455. The fraction of sp³-hybridized carbons (Fsp3) is 0.364. The largest absolute Gasteiger partial charge is 0.436 e. The Labute approximate surface area is 108 Å². The van der Waals surface area contributed by atoms with Crippen molar-refractivity contribution in [1.82, 2.24) is 19.7 Å². The normalized spacial score (nSPS) is 10.9. The Morgan fingerprint density at radius 2 is 2.12 bits per heavy atom. The number of halogens is 1. The third-order valence-corrected chi connectivity index (χ3v) is 2.52. The van der Waals surface area contributed by atoms with Crippen LogP contribution in [0.5, 0.6) is 11.6 Å². The van der Waals surface area contributed by atoms with Crippen LogP contribution in [0.2, 0.25) is 0 Å². The Morgan fingerprint density at radius 3 is 2.71 bits per heavy atom. The average Bonchev–Trinajstić information content (AvgIpc) is 2.64. The van der Waals surface area contributed by atoms with E-state index in [2.05, 4.69) is 44.8 Å². The summed E-state index contributed by atoms with van der Waals surface area (Å²) in [6.45, 7) is 5.93. The monoisotopic (exact) mass is 296 g/mol. The predicted octanol–water partition coefficient (Wildman–Crippen LogP) is 3.12. The zero-order chi connectivity index (χ0) is 12.4. The summed E-state index contributed by atoms with van der Waals surface area (Å²) in [4.78, 5) is 8.30. The van der Waals surface area contributed by atoms with Gasteiger partial charge in [0, 0.05) is 12.1 Å². The lowest BCUT2D eigenvalue weighted by Crippen LogP contribution is -1.99. The van der Waals surface area contributed by atoms with Gasteiger partial charge in [-0.1, -0.05) is 0 Å². The van der Waals surface area contributed by atoms with Crippen LogP contribution < -0.4 is 4.74 Å². The molecule has 0 aliphatic carbocycles. The molecule has 0 N–H and O–H groups in total. The summed E-state index contributed by atoms with van der Waals surface area (Å²) in [5, 5.41) is 4.19. The molecule has 0 unspecified atom stereocenters. The van der Waals surface area contributed by atoms with Crippen LogP contribution >= 0.6 is 15.9 Å². The third kappa shape index (κ3) is 3.03. The Bertz CT molecular complexity index is 504. The SMILES string of the molecule is Cc1nc(Br)cc(Oc2cnn(C(C)C)c2)n1. The highest BCUT2D eigenvalue weighted by molar-refractivity contribution is 9.10. The van der Waals surface area contributed by atoms with Crippen LogP contribution in [-0.2, 0) is 0 Å². The maximum Gasteiger partial charge on any atom is 0.223 e. The van der Waals surface area contributed by atoms with Gasteiger partial charge < -0.3 is 4.74 Å². The van der Waals surface area contributed by atoms with E-state index in [-0.39, 0.29) is 0 Å². The summed E-state index contributed by atoms with van der Waals surface area (Å²) in [7, 11) is 0. The predicted molar refractivity (Wildman–Crippen MR) is 67.2 cm³/mol. The molecular formula is C11H13BrN4O. The van der Waals surface area contributed by atoms with Gasteiger partial charge in [-0.15, -0.1) is 0 Å². The van der Waals surface area contributed by atoms with Crippen molar-refractivity contribution < 1.29 is 4.74 Å². The molecule has 90 valence electrons. The summed E-state index contributed by atoms with van der Waals surface area (Å²) in [6, 6.07) is 2.03. The summed E-state index contributed by atoms with van der Waals surface area (Å²) in [5.41, 5.74) is 0. The van der Waals surface area contributed by atoms with Crippen LogP contribution in [0.1, 0.15) is 25.7 Å². The van der Waals surface area contributed by atoms with Gasteiger partial charge in [-0.3, -0.25) is 4.68 Å². The molecule has 2 rings (SSSR count). The van der Waals surface area contributed by atoms with Crippen molar-refractivity contribution in [3.05, 3.63) is 28.9 Å². The van der Waals surface area contributed by atoms with E-state index in [4.69, 9.17) is 4.74 Å². The van der Waals surface area contributed by atoms with Crippen molar-refractivity contribution in [3.63, 3.8) is 0 Å². The van der Waals surface area contributed by atoms with Gasteiger partial charge in [0.25, 0.3) is 0 Å². The highest BCUT2D eigenvalue weighted by atomic mass is 79.9. The summed E-state index contributed by atoms with van der Waals surface area (Å²) < 4.78 is 8.14. The Morgan fingerprint density at radius 1 is 1.35 bits per heavy atom. The van der Waals surface area contributed by atoms with Crippen molar-refractivity contribution >= 4 is 15.9 Å². The molecule has 5 nitrogen and oxygen atoms in total. The van der Waals surface area contributed by atoms with Crippen LogP contribution in [0.3, 0.4) is 0 Å². The molecule has 0 atom stereocenters. The fourth-order valence-corrected chi connectivity index (χ4v) is 1.79. The minimum absolute atomic E-state index is 0.311. The summed E-state index contributed by atoms with van der Waals surface area (Å²) >= 11 is 3.30. The van der Waals surface area contributed by atoms with E-state index in [0.29, 0.717) is 28.1 Å². The molecule has 2 aromatic rings. The minimum atomic E-state index is 0.311. The van der Waals surface area contributed by atoms with E-state index in [0.717, 1.165) is 0 Å². The van der Waals surface area contributed by atoms with E-state index in [9.17, 15) is 0 Å². The zero-order valence-electron chi connectivity index (χ0n) is 9.88. The lowest BCUT2D eigenvalue weighted by atomic mass is 10.4. The maximum atomic E-state index is 5.61. The summed E-state index contributed by atoms with van der Waals surface area (Å²) in [6.07, 6.45) is 3.52. The lowest BCUT2D eigenvalue weighted by Gasteiger charge is -2.04. The van der Waals surface area contributed by atoms with E-state index in [1.54, 1.807) is 12.3 Å². The molecule has 17 heavy (non-hydrogen) atoms. The second-order valence-corrected chi connectivity index (χ2v) is 4.74. The van der Waals surface area contributed by atoms with Crippen LogP contribution in [0.4, 0.5) is 0 Å². The Kier molecular flexibility index (Phi) is 3.42. The van der Waals surface area contributed by atoms with Gasteiger partial charge in [-0.2, -0.15) is 10.1 Å². The first-order chi connectivity index (χ1) is 8.04. The number of aromatic nitrogens is 4. The molecule has 0 spiro atoms. The van der Waals surface area contributed by atoms with Gasteiger partial charge in [0.2, 0.25) is 5.88 Å². The number of hydrogen-bond donors (Lipinski definition) is 0. The van der Waals surface area contributed by atoms with Crippen LogP contribution in [0.25, 0.3) is 0 Å². The molecule has 6 heteroatoms. The molecule has 0 aliphatic heterocycles. The first-order valence-electron chi connectivity index (χ1n) is 5.28. The average molecular weight is 297 g/mol. The molecule has 2 heterocycles. The number of hydrogen-bond acceptors (Lipinski definition) is 4. The molecule has 0 bridgehead atoms. The standard InChI is InChI=1S/C11H13BrN4O/c1-7(2)16-6-9(5-13-16)17-11-4-10(12)14-8(3)15-11/h4-7H,1-3H3. The number of rotatable bonds is 3. The first-order valence-corrected chi connectivity index (χ1v) is 6.07. The van der Waals surface area contributed by atoms with E-state index in [1.807, 2.05) is 17.8 Å². The smallest absolute Gasteiger partial charge is 0.223 e. The van der Waals surface area contributed by atoms with Crippen LogP contribution in [0.15, 0.2) is 23.1 Å². The Hall–Kier alpha value is -1.43. The van der Waals surface area contributed by atoms with E-state index >= 15 is 0 Å². The number of nitrogens with zero attached hydrogens (tertiary/aromatic N) is 4. The Balaban J connectivity index is 2.19. The van der Waals surface area contributed by atoms with Gasteiger partial charge in [0.05, 0.1) is 12.4 Å². The van der Waals surface area contributed by atoms with Gasteiger partial charge in [0.15, 0.2) is 5.75 Å². The number of aryl methyl sites for hydroxylation is 1. The highest BCUT2D eigenvalue weighted by Crippen LogP contribution is 2.22. The van der Waals surface area contributed by atoms with Gasteiger partial charge in [-0.05, 0) is 36.7 Å². The minimum Gasteiger partial charge on any atom is -0.436 e. The first kappa shape index (κ1) is 12.0. The summed E-state index contributed by atoms with van der Waals surface area (Å²) in [5.74, 6) is 1.84. The molecule has 0 radical (unpaired) electrons. The van der Waals surface area contributed by atoms with Crippen molar-refractivity contribution in [2.45, 2.75) is 26.8 Å². The molecule has 0 saturated heterocycles. The van der Waals surface area contributed by atoms with Gasteiger partial charge >= 0.3 is 0 Å².